The number of benzene rings is 2. The molecule has 2 aromatic carbocycles. The summed E-state index contributed by atoms with van der Waals surface area (Å²) < 4.78 is 0. The first-order valence-corrected chi connectivity index (χ1v) is 13.5. The Morgan fingerprint density at radius 3 is 2.19 bits per heavy atom. The first-order chi connectivity index (χ1) is 17.7. The molecular formula is C27H30Cl3N3O4. The number of piperidine rings is 2. The van der Waals surface area contributed by atoms with Gasteiger partial charge in [0.1, 0.15) is 6.61 Å². The van der Waals surface area contributed by atoms with Gasteiger partial charge in [0.15, 0.2) is 0 Å². The molecule has 2 fully saturated rings. The van der Waals surface area contributed by atoms with Crippen LogP contribution in [-0.4, -0.2) is 83.4 Å². The van der Waals surface area contributed by atoms with Crippen LogP contribution in [0.5, 0.6) is 0 Å². The van der Waals surface area contributed by atoms with Crippen molar-refractivity contribution in [3.05, 3.63) is 68.7 Å². The number of rotatable bonds is 5. The van der Waals surface area contributed by atoms with Crippen LogP contribution < -0.4 is 0 Å². The molecule has 2 heterocycles. The van der Waals surface area contributed by atoms with E-state index in [0.717, 1.165) is 5.56 Å². The molecule has 0 aliphatic carbocycles. The van der Waals surface area contributed by atoms with Crippen molar-refractivity contribution in [3.8, 4) is 0 Å². The van der Waals surface area contributed by atoms with E-state index >= 15 is 0 Å². The Hall–Kier alpha value is -2.32. The Balaban J connectivity index is 1.53. The predicted octanol–water partition coefficient (Wildman–Crippen LogP) is 4.33. The molecule has 2 aliphatic rings. The van der Waals surface area contributed by atoms with Gasteiger partial charge in [-0.1, -0.05) is 40.9 Å². The standard InChI is InChI=1S/C27H30Cl3N3O4/c1-31(26(36)17-2-5-20(28)6-3-17)24-10-13-33(15-21(24)19-4-7-22(29)23(30)14-19)27(37)18-8-11-32(12-9-18)25(35)16-34/h2-7,14,18,21,24,34H,8-13,15-16H2,1H3/t21-,24?/m0/s1. The van der Waals surface area contributed by atoms with Gasteiger partial charge >= 0.3 is 0 Å². The molecular weight excluding hydrogens is 537 g/mol. The molecule has 7 nitrogen and oxygen atoms in total. The summed E-state index contributed by atoms with van der Waals surface area (Å²) >= 11 is 18.5. The van der Waals surface area contributed by atoms with Gasteiger partial charge in [0.25, 0.3) is 5.91 Å². The van der Waals surface area contributed by atoms with Gasteiger partial charge < -0.3 is 19.8 Å². The van der Waals surface area contributed by atoms with E-state index in [9.17, 15) is 14.4 Å². The fourth-order valence-corrected chi connectivity index (χ4v) is 5.79. The molecule has 0 radical (unpaired) electrons. The van der Waals surface area contributed by atoms with E-state index in [4.69, 9.17) is 39.9 Å². The molecule has 37 heavy (non-hydrogen) atoms. The quantitative estimate of drug-likeness (QED) is 0.584. The average Bonchev–Trinajstić information content (AvgIpc) is 2.93. The van der Waals surface area contributed by atoms with Crippen LogP contribution in [-0.2, 0) is 9.59 Å². The van der Waals surface area contributed by atoms with E-state index in [2.05, 4.69) is 0 Å². The summed E-state index contributed by atoms with van der Waals surface area (Å²) in [5.74, 6) is -0.703. The van der Waals surface area contributed by atoms with Crippen LogP contribution in [0, 0.1) is 5.92 Å². The monoisotopic (exact) mass is 565 g/mol. The van der Waals surface area contributed by atoms with E-state index in [1.165, 1.54) is 0 Å². The molecule has 10 heteroatoms. The summed E-state index contributed by atoms with van der Waals surface area (Å²) in [4.78, 5) is 43.8. The number of aliphatic hydroxyl groups is 1. The Morgan fingerprint density at radius 2 is 1.57 bits per heavy atom. The molecule has 0 spiro atoms. The molecule has 2 aliphatic heterocycles. The number of carbonyl (C=O) groups is 3. The molecule has 4 rings (SSSR count). The number of carbonyl (C=O) groups excluding carboxylic acids is 3. The molecule has 1 N–H and O–H groups in total. The van der Waals surface area contributed by atoms with Crippen LogP contribution >= 0.6 is 34.8 Å². The van der Waals surface area contributed by atoms with Gasteiger partial charge in [0.05, 0.1) is 10.0 Å². The average molecular weight is 567 g/mol. The zero-order valence-electron chi connectivity index (χ0n) is 20.6. The second-order valence-electron chi connectivity index (χ2n) is 9.66. The number of likely N-dealkylation sites (N-methyl/N-ethyl adjacent to an activating group) is 1. The normalized spacial score (nSPS) is 20.6. The first-order valence-electron chi connectivity index (χ1n) is 12.3. The molecule has 3 amide bonds. The van der Waals surface area contributed by atoms with Gasteiger partial charge in [0, 0.05) is 61.7 Å². The van der Waals surface area contributed by atoms with Crippen LogP contribution in [0.2, 0.25) is 15.1 Å². The maximum absolute atomic E-state index is 13.5. The summed E-state index contributed by atoms with van der Waals surface area (Å²) in [6, 6.07) is 12.1. The van der Waals surface area contributed by atoms with Crippen molar-refractivity contribution >= 4 is 52.5 Å². The summed E-state index contributed by atoms with van der Waals surface area (Å²) in [6.45, 7) is 1.37. The minimum absolute atomic E-state index is 0.0614. The third-order valence-corrected chi connectivity index (χ3v) is 8.49. The third kappa shape index (κ3) is 6.23. The van der Waals surface area contributed by atoms with Crippen molar-refractivity contribution in [1.82, 2.24) is 14.7 Å². The topological polar surface area (TPSA) is 81.2 Å². The molecule has 2 saturated heterocycles. The maximum atomic E-state index is 13.5. The lowest BCUT2D eigenvalue weighted by molar-refractivity contribution is -0.143. The summed E-state index contributed by atoms with van der Waals surface area (Å²) in [7, 11) is 1.79. The largest absolute Gasteiger partial charge is 0.387 e. The lowest BCUT2D eigenvalue weighted by Gasteiger charge is -2.44. The number of hydrogen-bond donors (Lipinski definition) is 1. The second-order valence-corrected chi connectivity index (χ2v) is 10.9. The summed E-state index contributed by atoms with van der Waals surface area (Å²) in [5, 5.41) is 10.5. The van der Waals surface area contributed by atoms with Gasteiger partial charge in [-0.25, -0.2) is 0 Å². The van der Waals surface area contributed by atoms with Gasteiger partial charge in [-0.05, 0) is 61.2 Å². The molecule has 1 unspecified atom stereocenters. The number of amides is 3. The van der Waals surface area contributed by atoms with Gasteiger partial charge in [-0.2, -0.15) is 0 Å². The fourth-order valence-electron chi connectivity index (χ4n) is 5.35. The Bertz CT molecular complexity index is 1150. The molecule has 2 aromatic rings. The number of halogens is 3. The Morgan fingerprint density at radius 1 is 0.919 bits per heavy atom. The zero-order valence-corrected chi connectivity index (χ0v) is 22.8. The summed E-state index contributed by atoms with van der Waals surface area (Å²) in [6.07, 6.45) is 1.74. The van der Waals surface area contributed by atoms with Crippen molar-refractivity contribution in [1.29, 1.82) is 0 Å². The van der Waals surface area contributed by atoms with E-state index < -0.39 is 6.61 Å². The number of hydrogen-bond acceptors (Lipinski definition) is 4. The van der Waals surface area contributed by atoms with Crippen molar-refractivity contribution < 1.29 is 19.5 Å². The highest BCUT2D eigenvalue weighted by atomic mass is 35.5. The van der Waals surface area contributed by atoms with Crippen molar-refractivity contribution in [2.75, 3.05) is 39.8 Å². The minimum atomic E-state index is -0.514. The van der Waals surface area contributed by atoms with Crippen LogP contribution in [0.15, 0.2) is 42.5 Å². The molecule has 0 aromatic heterocycles. The van der Waals surface area contributed by atoms with Gasteiger partial charge in [-0.3, -0.25) is 14.4 Å². The fraction of sp³-hybridized carbons (Fsp3) is 0.444. The van der Waals surface area contributed by atoms with E-state index in [1.807, 2.05) is 17.0 Å². The van der Waals surface area contributed by atoms with Crippen molar-refractivity contribution in [2.45, 2.75) is 31.2 Å². The Labute approximate surface area is 231 Å². The van der Waals surface area contributed by atoms with E-state index in [1.54, 1.807) is 47.2 Å². The molecule has 198 valence electrons. The molecule has 2 atom stereocenters. The third-order valence-electron chi connectivity index (χ3n) is 7.50. The lowest BCUT2D eigenvalue weighted by atomic mass is 9.83. The maximum Gasteiger partial charge on any atom is 0.253 e. The van der Waals surface area contributed by atoms with Crippen molar-refractivity contribution in [2.24, 2.45) is 5.92 Å². The van der Waals surface area contributed by atoms with Gasteiger partial charge in [-0.15, -0.1) is 0 Å². The lowest BCUT2D eigenvalue weighted by Crippen LogP contribution is -2.53. The number of likely N-dealkylation sites (tertiary alicyclic amines) is 2. The SMILES string of the molecule is CN(C(=O)c1ccc(Cl)cc1)C1CCN(C(=O)C2CCN(C(=O)CO)CC2)C[C@H]1c1ccc(Cl)c(Cl)c1. The summed E-state index contributed by atoms with van der Waals surface area (Å²) in [5.41, 5.74) is 1.46. The van der Waals surface area contributed by atoms with Crippen LogP contribution in [0.4, 0.5) is 0 Å². The highest BCUT2D eigenvalue weighted by Crippen LogP contribution is 2.35. The number of nitrogens with zero attached hydrogens (tertiary/aromatic N) is 3. The van der Waals surface area contributed by atoms with Crippen LogP contribution in [0.3, 0.4) is 0 Å². The smallest absolute Gasteiger partial charge is 0.253 e. The van der Waals surface area contributed by atoms with Crippen LogP contribution in [0.1, 0.15) is 41.1 Å². The predicted molar refractivity (Wildman–Crippen MR) is 144 cm³/mol. The molecule has 0 saturated carbocycles. The second kappa shape index (κ2) is 12.0. The number of aliphatic hydroxyl groups excluding tert-OH is 1. The van der Waals surface area contributed by atoms with E-state index in [-0.39, 0.29) is 35.6 Å². The molecule has 0 bridgehead atoms. The van der Waals surface area contributed by atoms with E-state index in [0.29, 0.717) is 66.1 Å². The first kappa shape index (κ1) is 27.7. The highest BCUT2D eigenvalue weighted by Gasteiger charge is 2.39. The highest BCUT2D eigenvalue weighted by molar-refractivity contribution is 6.42. The van der Waals surface area contributed by atoms with Gasteiger partial charge in [0.2, 0.25) is 11.8 Å². The minimum Gasteiger partial charge on any atom is -0.387 e. The zero-order chi connectivity index (χ0) is 26.7. The Kier molecular flexibility index (Phi) is 9.01. The van der Waals surface area contributed by atoms with Crippen molar-refractivity contribution in [3.63, 3.8) is 0 Å². The van der Waals surface area contributed by atoms with Crippen LogP contribution in [0.25, 0.3) is 0 Å².